The Bertz CT molecular complexity index is 583. The third-order valence-corrected chi connectivity index (χ3v) is 3.72. The summed E-state index contributed by atoms with van der Waals surface area (Å²) in [6, 6.07) is 11.5. The standard InChI is InChI=1S/C14H14B2O3/c1-15(17)11-4-2-9-6-10-3-5-12(16(18)19)8-14(10)13(9)7-11/h2-5,7-8,17-19H,6H2,1H3. The van der Waals surface area contributed by atoms with E-state index in [1.165, 1.54) is 11.1 Å². The van der Waals surface area contributed by atoms with Crippen LogP contribution in [-0.4, -0.2) is 29.1 Å². The average Bonchev–Trinajstić information content (AvgIpc) is 2.75. The Hall–Kier alpha value is -1.55. The van der Waals surface area contributed by atoms with Crippen molar-refractivity contribution < 1.29 is 15.1 Å². The summed E-state index contributed by atoms with van der Waals surface area (Å²) in [6.45, 7) is 1.24. The van der Waals surface area contributed by atoms with Gasteiger partial charge in [-0.2, -0.15) is 0 Å². The van der Waals surface area contributed by atoms with Crippen molar-refractivity contribution in [1.82, 2.24) is 0 Å². The summed E-state index contributed by atoms with van der Waals surface area (Å²) in [5.41, 5.74) is 5.88. The van der Waals surface area contributed by atoms with Crippen LogP contribution in [0.2, 0.25) is 6.82 Å². The van der Waals surface area contributed by atoms with E-state index >= 15 is 0 Å². The van der Waals surface area contributed by atoms with E-state index in [2.05, 4.69) is 0 Å². The maximum absolute atomic E-state index is 9.67. The van der Waals surface area contributed by atoms with Gasteiger partial charge in [0.1, 0.15) is 0 Å². The Balaban J connectivity index is 2.14. The van der Waals surface area contributed by atoms with Gasteiger partial charge in [-0.25, -0.2) is 0 Å². The largest absolute Gasteiger partial charge is 0.488 e. The summed E-state index contributed by atoms with van der Waals surface area (Å²) in [6.07, 6.45) is 0.854. The van der Waals surface area contributed by atoms with Crippen LogP contribution in [-0.2, 0) is 6.42 Å². The van der Waals surface area contributed by atoms with Crippen molar-refractivity contribution in [2.75, 3.05) is 0 Å². The molecule has 0 saturated heterocycles. The molecule has 5 heteroatoms. The summed E-state index contributed by atoms with van der Waals surface area (Å²) in [5.74, 6) is 0. The molecule has 0 fully saturated rings. The van der Waals surface area contributed by atoms with Crippen LogP contribution < -0.4 is 10.9 Å². The smallest absolute Gasteiger partial charge is 0.447 e. The maximum Gasteiger partial charge on any atom is 0.488 e. The van der Waals surface area contributed by atoms with Gasteiger partial charge in [0.2, 0.25) is 0 Å². The van der Waals surface area contributed by atoms with Crippen molar-refractivity contribution in [3.05, 3.63) is 47.5 Å². The molecule has 0 unspecified atom stereocenters. The van der Waals surface area contributed by atoms with Crippen LogP contribution in [0.4, 0.5) is 0 Å². The molecule has 0 aromatic heterocycles. The Morgan fingerprint density at radius 1 is 0.842 bits per heavy atom. The lowest BCUT2D eigenvalue weighted by Crippen LogP contribution is -2.29. The zero-order valence-corrected chi connectivity index (χ0v) is 10.7. The fourth-order valence-corrected chi connectivity index (χ4v) is 2.62. The van der Waals surface area contributed by atoms with Crippen LogP contribution in [0.15, 0.2) is 36.4 Å². The second-order valence-corrected chi connectivity index (χ2v) is 5.06. The lowest BCUT2D eigenvalue weighted by atomic mass is 9.64. The fourth-order valence-electron chi connectivity index (χ4n) is 2.62. The van der Waals surface area contributed by atoms with Crippen molar-refractivity contribution in [2.24, 2.45) is 0 Å². The second kappa shape index (κ2) is 4.53. The lowest BCUT2D eigenvalue weighted by molar-refractivity contribution is 0.426. The highest BCUT2D eigenvalue weighted by atomic mass is 16.4. The van der Waals surface area contributed by atoms with Gasteiger partial charge in [0.15, 0.2) is 0 Å². The first kappa shape index (κ1) is 12.5. The van der Waals surface area contributed by atoms with Crippen LogP contribution in [0.3, 0.4) is 0 Å². The number of hydrogen-bond donors (Lipinski definition) is 3. The minimum absolute atomic E-state index is 0.494. The first-order chi connectivity index (χ1) is 9.06. The van der Waals surface area contributed by atoms with Gasteiger partial charge in [0.05, 0.1) is 0 Å². The van der Waals surface area contributed by atoms with E-state index in [0.717, 1.165) is 23.0 Å². The van der Waals surface area contributed by atoms with Gasteiger partial charge in [-0.3, -0.25) is 0 Å². The Kier molecular flexibility index (Phi) is 2.97. The van der Waals surface area contributed by atoms with E-state index < -0.39 is 14.0 Å². The molecular formula is C14H14B2O3. The summed E-state index contributed by atoms with van der Waals surface area (Å²) in [7, 11) is -1.45. The molecule has 0 saturated carbocycles. The zero-order valence-electron chi connectivity index (χ0n) is 10.7. The van der Waals surface area contributed by atoms with Gasteiger partial charge in [-0.05, 0) is 39.6 Å². The molecule has 0 amide bonds. The highest BCUT2D eigenvalue weighted by Gasteiger charge is 2.22. The van der Waals surface area contributed by atoms with Gasteiger partial charge in [-0.15, -0.1) is 0 Å². The molecule has 3 N–H and O–H groups in total. The molecule has 3 rings (SSSR count). The molecule has 3 nitrogen and oxygen atoms in total. The Morgan fingerprint density at radius 3 is 1.89 bits per heavy atom. The number of benzene rings is 2. The minimum Gasteiger partial charge on any atom is -0.447 e. The van der Waals surface area contributed by atoms with Gasteiger partial charge >= 0.3 is 14.0 Å². The van der Waals surface area contributed by atoms with Gasteiger partial charge in [-0.1, -0.05) is 43.2 Å². The molecule has 0 aliphatic heterocycles. The maximum atomic E-state index is 9.67. The van der Waals surface area contributed by atoms with Crippen LogP contribution in [0.1, 0.15) is 11.1 Å². The van der Waals surface area contributed by atoms with E-state index in [9.17, 15) is 15.1 Å². The average molecular weight is 252 g/mol. The molecule has 0 radical (unpaired) electrons. The van der Waals surface area contributed by atoms with E-state index in [-0.39, 0.29) is 0 Å². The molecule has 0 spiro atoms. The van der Waals surface area contributed by atoms with Gasteiger partial charge in [0, 0.05) is 0 Å². The fraction of sp³-hybridized carbons (Fsp3) is 0.143. The second-order valence-electron chi connectivity index (χ2n) is 5.06. The van der Waals surface area contributed by atoms with Gasteiger partial charge in [0.25, 0.3) is 0 Å². The monoisotopic (exact) mass is 252 g/mol. The summed E-state index contributed by atoms with van der Waals surface area (Å²) < 4.78 is 0. The lowest BCUT2D eigenvalue weighted by Gasteiger charge is -2.07. The Morgan fingerprint density at radius 2 is 1.37 bits per heavy atom. The SMILES string of the molecule is CB(O)c1ccc2c(c1)-c1cc(B(O)O)ccc1C2. The number of rotatable bonds is 2. The van der Waals surface area contributed by atoms with Crippen molar-refractivity contribution >= 4 is 25.0 Å². The van der Waals surface area contributed by atoms with Crippen molar-refractivity contribution in [1.29, 1.82) is 0 Å². The molecule has 94 valence electrons. The molecule has 1 aliphatic carbocycles. The highest BCUT2D eigenvalue weighted by Crippen LogP contribution is 2.35. The predicted molar refractivity (Wildman–Crippen MR) is 78.0 cm³/mol. The molecule has 19 heavy (non-hydrogen) atoms. The topological polar surface area (TPSA) is 60.7 Å². The Labute approximate surface area is 112 Å². The van der Waals surface area contributed by atoms with E-state index in [1.54, 1.807) is 12.9 Å². The normalized spacial score (nSPS) is 12.0. The number of fused-ring (bicyclic) bond motifs is 3. The van der Waals surface area contributed by atoms with E-state index in [4.69, 9.17) is 0 Å². The summed E-state index contributed by atoms with van der Waals surface area (Å²) in [5, 5.41) is 28.2. The van der Waals surface area contributed by atoms with E-state index in [0.29, 0.717) is 5.46 Å². The highest BCUT2D eigenvalue weighted by molar-refractivity contribution is 6.64. The first-order valence-electron chi connectivity index (χ1n) is 6.36. The zero-order chi connectivity index (χ0) is 13.6. The summed E-state index contributed by atoms with van der Waals surface area (Å²) in [4.78, 5) is 0. The predicted octanol–water partition coefficient (Wildman–Crippen LogP) is -0.242. The van der Waals surface area contributed by atoms with Crippen molar-refractivity contribution in [3.8, 4) is 11.1 Å². The molecule has 0 bridgehead atoms. The van der Waals surface area contributed by atoms with E-state index in [1.807, 2.05) is 30.3 Å². The first-order valence-corrected chi connectivity index (χ1v) is 6.36. The summed E-state index contributed by atoms with van der Waals surface area (Å²) >= 11 is 0. The van der Waals surface area contributed by atoms with Gasteiger partial charge < -0.3 is 15.1 Å². The molecular weight excluding hydrogens is 238 g/mol. The third-order valence-electron chi connectivity index (χ3n) is 3.72. The van der Waals surface area contributed by atoms with Crippen molar-refractivity contribution in [2.45, 2.75) is 13.2 Å². The van der Waals surface area contributed by atoms with Crippen molar-refractivity contribution in [3.63, 3.8) is 0 Å². The van der Waals surface area contributed by atoms with Crippen LogP contribution in [0, 0.1) is 0 Å². The van der Waals surface area contributed by atoms with Crippen LogP contribution in [0.25, 0.3) is 11.1 Å². The molecule has 2 aromatic rings. The molecule has 1 aliphatic rings. The third kappa shape index (κ3) is 2.10. The van der Waals surface area contributed by atoms with Crippen LogP contribution >= 0.6 is 0 Å². The molecule has 2 aromatic carbocycles. The van der Waals surface area contributed by atoms with Crippen LogP contribution in [0.5, 0.6) is 0 Å². The quantitative estimate of drug-likeness (QED) is 0.551. The minimum atomic E-state index is -1.45. The number of hydrogen-bond acceptors (Lipinski definition) is 3. The molecule has 0 heterocycles. The molecule has 0 atom stereocenters.